The van der Waals surface area contributed by atoms with Crippen molar-refractivity contribution in [1.29, 1.82) is 0 Å². The van der Waals surface area contributed by atoms with Crippen LogP contribution in [0, 0.1) is 0 Å². The number of nitrogens with zero attached hydrogens (tertiary/aromatic N) is 1. The van der Waals surface area contributed by atoms with E-state index in [4.69, 9.17) is 4.74 Å². The average molecular weight is 252 g/mol. The number of nitrogens with one attached hydrogen (secondary N) is 1. The molecule has 4 heteroatoms. The van der Waals surface area contributed by atoms with Crippen molar-refractivity contribution in [3.05, 3.63) is 0 Å². The van der Waals surface area contributed by atoms with Crippen LogP contribution >= 0.6 is 0 Å². The Bertz CT molecular complexity index is 344. The second-order valence-electron chi connectivity index (χ2n) is 6.44. The summed E-state index contributed by atoms with van der Waals surface area (Å²) in [5.74, 6) is 0.309. The van der Waals surface area contributed by atoms with E-state index in [2.05, 4.69) is 19.2 Å². The van der Waals surface area contributed by atoms with Gasteiger partial charge in [-0.05, 0) is 39.5 Å². The van der Waals surface area contributed by atoms with E-state index in [9.17, 15) is 4.79 Å². The second kappa shape index (κ2) is 4.20. The third kappa shape index (κ3) is 1.86. The van der Waals surface area contributed by atoms with Gasteiger partial charge in [-0.1, -0.05) is 12.8 Å². The van der Waals surface area contributed by atoms with Crippen molar-refractivity contribution >= 4 is 5.91 Å². The van der Waals surface area contributed by atoms with Crippen molar-refractivity contribution in [2.45, 2.75) is 69.7 Å². The molecule has 1 saturated carbocycles. The summed E-state index contributed by atoms with van der Waals surface area (Å²) < 4.78 is 5.83. The SMILES string of the molecule is CC1NC2(CCCC2)C(=O)N1CC1(C)CCCO1. The highest BCUT2D eigenvalue weighted by atomic mass is 16.5. The summed E-state index contributed by atoms with van der Waals surface area (Å²) in [5.41, 5.74) is -0.371. The van der Waals surface area contributed by atoms with Crippen LogP contribution in [0.25, 0.3) is 0 Å². The molecule has 1 N–H and O–H groups in total. The molecule has 2 unspecified atom stereocenters. The summed E-state index contributed by atoms with van der Waals surface area (Å²) in [5, 5.41) is 3.54. The van der Waals surface area contributed by atoms with Gasteiger partial charge >= 0.3 is 0 Å². The highest BCUT2D eigenvalue weighted by Gasteiger charge is 2.52. The fraction of sp³-hybridized carbons (Fsp3) is 0.929. The molecule has 102 valence electrons. The molecule has 3 fully saturated rings. The molecular weight excluding hydrogens is 228 g/mol. The molecule has 3 rings (SSSR count). The van der Waals surface area contributed by atoms with Crippen LogP contribution in [-0.2, 0) is 9.53 Å². The molecule has 1 spiro atoms. The summed E-state index contributed by atoms with van der Waals surface area (Å²) in [6, 6.07) is 0. The quantitative estimate of drug-likeness (QED) is 0.812. The Morgan fingerprint density at radius 3 is 2.67 bits per heavy atom. The molecule has 0 radical (unpaired) electrons. The van der Waals surface area contributed by atoms with Gasteiger partial charge in [-0.25, -0.2) is 0 Å². The molecule has 1 aliphatic carbocycles. The van der Waals surface area contributed by atoms with Gasteiger partial charge in [0.2, 0.25) is 5.91 Å². The first-order valence-corrected chi connectivity index (χ1v) is 7.28. The Labute approximate surface area is 109 Å². The van der Waals surface area contributed by atoms with Crippen LogP contribution in [0.5, 0.6) is 0 Å². The number of rotatable bonds is 2. The Morgan fingerprint density at radius 2 is 2.06 bits per heavy atom. The van der Waals surface area contributed by atoms with E-state index in [0.29, 0.717) is 5.91 Å². The molecule has 0 aromatic rings. The second-order valence-corrected chi connectivity index (χ2v) is 6.44. The molecule has 0 bridgehead atoms. The number of carbonyl (C=O) groups excluding carboxylic acids is 1. The maximum atomic E-state index is 12.7. The largest absolute Gasteiger partial charge is 0.373 e. The lowest BCUT2D eigenvalue weighted by atomic mass is 9.97. The Balaban J connectivity index is 1.74. The van der Waals surface area contributed by atoms with Crippen molar-refractivity contribution in [2.24, 2.45) is 0 Å². The van der Waals surface area contributed by atoms with Crippen molar-refractivity contribution in [2.75, 3.05) is 13.2 Å². The molecule has 3 aliphatic rings. The third-order valence-corrected chi connectivity index (χ3v) is 4.89. The summed E-state index contributed by atoms with van der Waals surface area (Å²) in [6.07, 6.45) is 6.69. The first-order chi connectivity index (χ1) is 8.55. The molecular formula is C14H24N2O2. The first-order valence-electron chi connectivity index (χ1n) is 7.28. The maximum absolute atomic E-state index is 12.7. The highest BCUT2D eigenvalue weighted by Crippen LogP contribution is 2.38. The molecule has 4 nitrogen and oxygen atoms in total. The molecule has 1 amide bonds. The molecule has 0 aromatic carbocycles. The van der Waals surface area contributed by atoms with Crippen molar-refractivity contribution in [1.82, 2.24) is 10.2 Å². The van der Waals surface area contributed by atoms with Crippen molar-refractivity contribution in [3.8, 4) is 0 Å². The lowest BCUT2D eigenvalue weighted by Crippen LogP contribution is -2.47. The Hall–Kier alpha value is -0.610. The lowest BCUT2D eigenvalue weighted by Gasteiger charge is -2.31. The van der Waals surface area contributed by atoms with Gasteiger partial charge in [0.25, 0.3) is 0 Å². The van der Waals surface area contributed by atoms with Gasteiger partial charge in [0.05, 0.1) is 23.9 Å². The zero-order valence-corrected chi connectivity index (χ0v) is 11.5. The van der Waals surface area contributed by atoms with Crippen LogP contribution in [-0.4, -0.2) is 41.3 Å². The fourth-order valence-electron chi connectivity index (χ4n) is 3.86. The van der Waals surface area contributed by atoms with Crippen molar-refractivity contribution in [3.63, 3.8) is 0 Å². The number of hydrogen-bond donors (Lipinski definition) is 1. The van der Waals surface area contributed by atoms with Crippen LogP contribution in [0.1, 0.15) is 52.4 Å². The van der Waals surface area contributed by atoms with Crippen LogP contribution in [0.3, 0.4) is 0 Å². The van der Waals surface area contributed by atoms with Gasteiger partial charge in [-0.3, -0.25) is 10.1 Å². The van der Waals surface area contributed by atoms with Gasteiger partial charge in [0.15, 0.2) is 0 Å². The van der Waals surface area contributed by atoms with E-state index in [1.807, 2.05) is 4.90 Å². The van der Waals surface area contributed by atoms with E-state index in [0.717, 1.165) is 38.8 Å². The molecule has 2 atom stereocenters. The average Bonchev–Trinajstić information content (AvgIpc) is 3.00. The Morgan fingerprint density at radius 1 is 1.33 bits per heavy atom. The molecule has 18 heavy (non-hydrogen) atoms. The summed E-state index contributed by atoms with van der Waals surface area (Å²) in [4.78, 5) is 14.7. The number of amides is 1. The van der Waals surface area contributed by atoms with Crippen molar-refractivity contribution < 1.29 is 9.53 Å². The molecule has 2 heterocycles. The van der Waals surface area contributed by atoms with Gasteiger partial charge in [0.1, 0.15) is 0 Å². The van der Waals surface area contributed by atoms with Gasteiger partial charge < -0.3 is 9.64 Å². The molecule has 2 saturated heterocycles. The minimum atomic E-state index is -0.242. The molecule has 2 aliphatic heterocycles. The Kier molecular flexibility index (Phi) is 2.90. The molecule has 0 aromatic heterocycles. The number of ether oxygens (including phenoxy) is 1. The monoisotopic (exact) mass is 252 g/mol. The van der Waals surface area contributed by atoms with Gasteiger partial charge in [0, 0.05) is 6.61 Å². The standard InChI is InChI=1S/C14H24N2O2/c1-11-15-14(7-3-4-8-14)12(17)16(11)10-13(2)6-5-9-18-13/h11,15H,3-10H2,1-2H3. The highest BCUT2D eigenvalue weighted by molar-refractivity contribution is 5.89. The smallest absolute Gasteiger partial charge is 0.244 e. The third-order valence-electron chi connectivity index (χ3n) is 4.89. The van der Waals surface area contributed by atoms with E-state index in [1.54, 1.807) is 0 Å². The predicted octanol–water partition coefficient (Wildman–Crippen LogP) is 1.65. The van der Waals surface area contributed by atoms with Crippen LogP contribution in [0.2, 0.25) is 0 Å². The first kappa shape index (κ1) is 12.4. The van der Waals surface area contributed by atoms with Crippen LogP contribution < -0.4 is 5.32 Å². The minimum Gasteiger partial charge on any atom is -0.373 e. The summed E-state index contributed by atoms with van der Waals surface area (Å²) >= 11 is 0. The fourth-order valence-corrected chi connectivity index (χ4v) is 3.86. The predicted molar refractivity (Wildman–Crippen MR) is 69.1 cm³/mol. The van der Waals surface area contributed by atoms with E-state index >= 15 is 0 Å². The van der Waals surface area contributed by atoms with E-state index < -0.39 is 0 Å². The number of carbonyl (C=O) groups is 1. The normalized spacial score (nSPS) is 39.1. The summed E-state index contributed by atoms with van der Waals surface area (Å²) in [6.45, 7) is 5.82. The summed E-state index contributed by atoms with van der Waals surface area (Å²) in [7, 11) is 0. The topological polar surface area (TPSA) is 41.6 Å². The zero-order chi connectivity index (χ0) is 12.8. The lowest BCUT2D eigenvalue weighted by molar-refractivity contribution is -0.136. The maximum Gasteiger partial charge on any atom is 0.244 e. The number of hydrogen-bond acceptors (Lipinski definition) is 3. The van der Waals surface area contributed by atoms with E-state index in [1.165, 1.54) is 12.8 Å². The van der Waals surface area contributed by atoms with Gasteiger partial charge in [-0.15, -0.1) is 0 Å². The van der Waals surface area contributed by atoms with Crippen LogP contribution in [0.4, 0.5) is 0 Å². The van der Waals surface area contributed by atoms with Gasteiger partial charge in [-0.2, -0.15) is 0 Å². The van der Waals surface area contributed by atoms with Crippen LogP contribution in [0.15, 0.2) is 0 Å². The zero-order valence-electron chi connectivity index (χ0n) is 11.5. The van der Waals surface area contributed by atoms with E-state index in [-0.39, 0.29) is 17.3 Å². The minimum absolute atomic E-state index is 0.129.